The van der Waals surface area contributed by atoms with Gasteiger partial charge in [0.15, 0.2) is 0 Å². The first-order chi connectivity index (χ1) is 11.7. The molecule has 5 nitrogen and oxygen atoms in total. The molecule has 2 aromatic carbocycles. The lowest BCUT2D eigenvalue weighted by Crippen LogP contribution is -2.49. The number of para-hydroxylation sites is 1. The molecule has 1 atom stereocenters. The van der Waals surface area contributed by atoms with Gasteiger partial charge in [-0.15, -0.1) is 0 Å². The monoisotopic (exact) mass is 324 g/mol. The van der Waals surface area contributed by atoms with Crippen molar-refractivity contribution in [2.24, 2.45) is 0 Å². The number of rotatable bonds is 3. The van der Waals surface area contributed by atoms with E-state index in [1.807, 2.05) is 54.6 Å². The molecule has 2 N–H and O–H groups in total. The highest BCUT2D eigenvalue weighted by Gasteiger charge is 2.32. The van der Waals surface area contributed by atoms with Crippen molar-refractivity contribution >= 4 is 17.7 Å². The fourth-order valence-electron chi connectivity index (χ4n) is 3.08. The van der Waals surface area contributed by atoms with Crippen molar-refractivity contribution in [3.63, 3.8) is 0 Å². The smallest absolute Gasteiger partial charge is 0.326 e. The molecule has 3 rings (SSSR count). The SMILES string of the molecule is O=C(O)C1CCCCN1C(=O)Nc1ccccc1-c1ccccc1. The van der Waals surface area contributed by atoms with Gasteiger partial charge in [-0.05, 0) is 30.9 Å². The lowest BCUT2D eigenvalue weighted by molar-refractivity contribution is -0.143. The minimum absolute atomic E-state index is 0.356. The summed E-state index contributed by atoms with van der Waals surface area (Å²) in [4.78, 5) is 25.4. The molecular weight excluding hydrogens is 304 g/mol. The maximum atomic E-state index is 12.6. The highest BCUT2D eigenvalue weighted by molar-refractivity contribution is 5.96. The molecule has 24 heavy (non-hydrogen) atoms. The predicted octanol–water partition coefficient (Wildman–Crippen LogP) is 3.82. The van der Waals surface area contributed by atoms with Gasteiger partial charge in [0.1, 0.15) is 6.04 Å². The fraction of sp³-hybridized carbons (Fsp3) is 0.263. The van der Waals surface area contributed by atoms with Crippen LogP contribution in [0.2, 0.25) is 0 Å². The number of amides is 2. The van der Waals surface area contributed by atoms with Crippen LogP contribution in [0.1, 0.15) is 19.3 Å². The highest BCUT2D eigenvalue weighted by atomic mass is 16.4. The number of aliphatic carboxylic acids is 1. The second kappa shape index (κ2) is 7.17. The van der Waals surface area contributed by atoms with Crippen molar-refractivity contribution in [2.75, 3.05) is 11.9 Å². The first-order valence-electron chi connectivity index (χ1n) is 8.11. The number of hydrogen-bond donors (Lipinski definition) is 2. The number of likely N-dealkylation sites (tertiary alicyclic amines) is 1. The van der Waals surface area contributed by atoms with Gasteiger partial charge < -0.3 is 15.3 Å². The quantitative estimate of drug-likeness (QED) is 0.901. The van der Waals surface area contributed by atoms with Crippen molar-refractivity contribution in [3.05, 3.63) is 54.6 Å². The van der Waals surface area contributed by atoms with Gasteiger partial charge in [0.25, 0.3) is 0 Å². The second-order valence-electron chi connectivity index (χ2n) is 5.88. The highest BCUT2D eigenvalue weighted by Crippen LogP contribution is 2.28. The molecule has 0 aromatic heterocycles. The first kappa shape index (κ1) is 16.1. The summed E-state index contributed by atoms with van der Waals surface area (Å²) in [5.41, 5.74) is 2.60. The lowest BCUT2D eigenvalue weighted by atomic mass is 10.0. The normalized spacial score (nSPS) is 17.3. The number of carbonyl (C=O) groups is 2. The van der Waals surface area contributed by atoms with Gasteiger partial charge in [-0.2, -0.15) is 0 Å². The maximum absolute atomic E-state index is 12.6. The number of hydrogen-bond acceptors (Lipinski definition) is 2. The lowest BCUT2D eigenvalue weighted by Gasteiger charge is -2.33. The molecule has 1 heterocycles. The Kier molecular flexibility index (Phi) is 4.79. The molecule has 1 saturated heterocycles. The number of urea groups is 1. The topological polar surface area (TPSA) is 69.6 Å². The third-order valence-electron chi connectivity index (χ3n) is 4.30. The van der Waals surface area contributed by atoms with E-state index in [9.17, 15) is 14.7 Å². The number of nitrogens with one attached hydrogen (secondary N) is 1. The molecule has 124 valence electrons. The van der Waals surface area contributed by atoms with Gasteiger partial charge in [0.2, 0.25) is 0 Å². The molecule has 0 aliphatic carbocycles. The zero-order valence-electron chi connectivity index (χ0n) is 13.3. The number of carbonyl (C=O) groups excluding carboxylic acids is 1. The van der Waals surface area contributed by atoms with Gasteiger partial charge in [0, 0.05) is 12.1 Å². The van der Waals surface area contributed by atoms with E-state index in [0.29, 0.717) is 18.7 Å². The van der Waals surface area contributed by atoms with Crippen molar-refractivity contribution in [3.8, 4) is 11.1 Å². The molecule has 1 aliphatic heterocycles. The fourth-order valence-corrected chi connectivity index (χ4v) is 3.08. The minimum atomic E-state index is -0.943. The molecule has 1 aliphatic rings. The van der Waals surface area contributed by atoms with Crippen LogP contribution < -0.4 is 5.32 Å². The molecule has 1 fully saturated rings. The molecule has 0 bridgehead atoms. The van der Waals surface area contributed by atoms with Crippen molar-refractivity contribution < 1.29 is 14.7 Å². The molecule has 0 spiro atoms. The maximum Gasteiger partial charge on any atom is 0.326 e. The minimum Gasteiger partial charge on any atom is -0.480 e. The average Bonchev–Trinajstić information content (AvgIpc) is 2.63. The molecular formula is C19H20N2O3. The predicted molar refractivity (Wildman–Crippen MR) is 92.9 cm³/mol. The zero-order valence-corrected chi connectivity index (χ0v) is 13.3. The zero-order chi connectivity index (χ0) is 16.9. The van der Waals surface area contributed by atoms with Crippen LogP contribution in [0, 0.1) is 0 Å². The van der Waals surface area contributed by atoms with E-state index in [2.05, 4.69) is 5.32 Å². The van der Waals surface area contributed by atoms with Crippen LogP contribution in [-0.4, -0.2) is 34.6 Å². The standard InChI is InChI=1S/C19H20N2O3/c22-18(23)17-12-6-7-13-21(17)19(24)20-16-11-5-4-10-15(16)14-8-2-1-3-9-14/h1-5,8-11,17H,6-7,12-13H2,(H,20,24)(H,22,23). The summed E-state index contributed by atoms with van der Waals surface area (Å²) >= 11 is 0. The second-order valence-corrected chi connectivity index (χ2v) is 5.88. The number of carboxylic acids is 1. The molecule has 0 saturated carbocycles. The Morgan fingerprint density at radius 1 is 1.00 bits per heavy atom. The van der Waals surface area contributed by atoms with Crippen molar-refractivity contribution in [1.82, 2.24) is 4.90 Å². The molecule has 0 radical (unpaired) electrons. The summed E-state index contributed by atoms with van der Waals surface area (Å²) < 4.78 is 0. The summed E-state index contributed by atoms with van der Waals surface area (Å²) in [6.45, 7) is 0.469. The van der Waals surface area contributed by atoms with E-state index in [-0.39, 0.29) is 6.03 Å². The van der Waals surface area contributed by atoms with Crippen LogP contribution >= 0.6 is 0 Å². The van der Waals surface area contributed by atoms with Gasteiger partial charge in [-0.25, -0.2) is 9.59 Å². The Hall–Kier alpha value is -2.82. The first-order valence-corrected chi connectivity index (χ1v) is 8.11. The van der Waals surface area contributed by atoms with Crippen LogP contribution in [0.3, 0.4) is 0 Å². The summed E-state index contributed by atoms with van der Waals surface area (Å²) in [5, 5.41) is 12.2. The Morgan fingerprint density at radius 2 is 1.71 bits per heavy atom. The van der Waals surface area contributed by atoms with Crippen LogP contribution in [0.25, 0.3) is 11.1 Å². The van der Waals surface area contributed by atoms with E-state index >= 15 is 0 Å². The van der Waals surface area contributed by atoms with Crippen LogP contribution in [0.4, 0.5) is 10.5 Å². The van der Waals surface area contributed by atoms with Crippen LogP contribution in [0.5, 0.6) is 0 Å². The van der Waals surface area contributed by atoms with E-state index < -0.39 is 12.0 Å². The van der Waals surface area contributed by atoms with Gasteiger partial charge in [-0.3, -0.25) is 0 Å². The Bertz CT molecular complexity index is 730. The van der Waals surface area contributed by atoms with Crippen LogP contribution in [-0.2, 0) is 4.79 Å². The molecule has 2 aromatic rings. The Morgan fingerprint density at radius 3 is 2.46 bits per heavy atom. The molecule has 5 heteroatoms. The summed E-state index contributed by atoms with van der Waals surface area (Å²) in [6.07, 6.45) is 2.17. The summed E-state index contributed by atoms with van der Waals surface area (Å²) in [5.74, 6) is -0.943. The largest absolute Gasteiger partial charge is 0.480 e. The molecule has 1 unspecified atom stereocenters. The van der Waals surface area contributed by atoms with Gasteiger partial charge in [0.05, 0.1) is 5.69 Å². The van der Waals surface area contributed by atoms with E-state index in [4.69, 9.17) is 0 Å². The Labute approximate surface area is 140 Å². The number of nitrogens with zero attached hydrogens (tertiary/aromatic N) is 1. The van der Waals surface area contributed by atoms with Crippen molar-refractivity contribution in [2.45, 2.75) is 25.3 Å². The van der Waals surface area contributed by atoms with E-state index in [1.54, 1.807) is 0 Å². The number of benzene rings is 2. The average molecular weight is 324 g/mol. The number of piperidine rings is 1. The van der Waals surface area contributed by atoms with E-state index in [0.717, 1.165) is 24.0 Å². The van der Waals surface area contributed by atoms with Gasteiger partial charge in [-0.1, -0.05) is 48.5 Å². The third-order valence-corrected chi connectivity index (χ3v) is 4.30. The van der Waals surface area contributed by atoms with Gasteiger partial charge >= 0.3 is 12.0 Å². The van der Waals surface area contributed by atoms with E-state index in [1.165, 1.54) is 4.90 Å². The van der Waals surface area contributed by atoms with Crippen molar-refractivity contribution in [1.29, 1.82) is 0 Å². The number of carboxylic acid groups (broad SMARTS) is 1. The summed E-state index contributed by atoms with van der Waals surface area (Å²) in [6, 6.07) is 16.2. The molecule has 2 amide bonds. The number of anilines is 1. The third kappa shape index (κ3) is 3.40. The summed E-state index contributed by atoms with van der Waals surface area (Å²) in [7, 11) is 0. The van der Waals surface area contributed by atoms with Crippen LogP contribution in [0.15, 0.2) is 54.6 Å². The Balaban J connectivity index is 1.83.